The second kappa shape index (κ2) is 9.04. The molecule has 1 saturated heterocycles. The minimum absolute atomic E-state index is 0.146. The van der Waals surface area contributed by atoms with Crippen LogP contribution in [0.3, 0.4) is 0 Å². The maximum atomic E-state index is 13.1. The van der Waals surface area contributed by atoms with Gasteiger partial charge in [0.05, 0.1) is 11.4 Å². The molecule has 7 heteroatoms. The van der Waals surface area contributed by atoms with Crippen LogP contribution in [0.15, 0.2) is 47.4 Å². The van der Waals surface area contributed by atoms with Crippen molar-refractivity contribution in [3.63, 3.8) is 0 Å². The van der Waals surface area contributed by atoms with Crippen molar-refractivity contribution < 1.29 is 13.2 Å². The zero-order valence-electron chi connectivity index (χ0n) is 17.7. The van der Waals surface area contributed by atoms with Crippen LogP contribution >= 0.6 is 0 Å². The zero-order valence-corrected chi connectivity index (χ0v) is 18.5. The monoisotopic (exact) mass is 429 g/mol. The Labute approximate surface area is 179 Å². The molecule has 162 valence electrons. The van der Waals surface area contributed by atoms with Gasteiger partial charge in [-0.25, -0.2) is 8.42 Å². The molecule has 0 unspecified atom stereocenters. The van der Waals surface area contributed by atoms with Gasteiger partial charge in [0.2, 0.25) is 15.9 Å². The van der Waals surface area contributed by atoms with Gasteiger partial charge >= 0.3 is 0 Å². The summed E-state index contributed by atoms with van der Waals surface area (Å²) in [5.74, 6) is 0.146. The molecule has 0 spiro atoms. The first-order valence-electron chi connectivity index (χ1n) is 10.9. The average Bonchev–Trinajstić information content (AvgIpc) is 2.79. The number of carbonyl (C=O) groups is 1. The maximum Gasteiger partial charge on any atom is 0.243 e. The first kappa shape index (κ1) is 21.3. The smallest absolute Gasteiger partial charge is 0.243 e. The van der Waals surface area contributed by atoms with Crippen LogP contribution in [-0.4, -0.2) is 74.2 Å². The van der Waals surface area contributed by atoms with Gasteiger partial charge in [-0.1, -0.05) is 49.6 Å². The zero-order chi connectivity index (χ0) is 21.1. The quantitative estimate of drug-likeness (QED) is 0.733. The summed E-state index contributed by atoms with van der Waals surface area (Å²) in [6.45, 7) is 2.36. The highest BCUT2D eigenvalue weighted by Gasteiger charge is 2.30. The molecule has 1 aliphatic heterocycles. The summed E-state index contributed by atoms with van der Waals surface area (Å²) in [5.41, 5.74) is 0. The van der Waals surface area contributed by atoms with Crippen LogP contribution in [0.2, 0.25) is 0 Å². The Morgan fingerprint density at radius 1 is 0.967 bits per heavy atom. The average molecular weight is 430 g/mol. The van der Waals surface area contributed by atoms with Gasteiger partial charge in [-0.05, 0) is 35.7 Å². The van der Waals surface area contributed by atoms with Crippen molar-refractivity contribution in [2.75, 3.05) is 39.8 Å². The van der Waals surface area contributed by atoms with Gasteiger partial charge in [0.15, 0.2) is 0 Å². The summed E-state index contributed by atoms with van der Waals surface area (Å²) >= 11 is 0. The molecule has 0 bridgehead atoms. The van der Waals surface area contributed by atoms with Gasteiger partial charge in [-0.3, -0.25) is 9.69 Å². The fourth-order valence-electron chi connectivity index (χ4n) is 4.58. The fraction of sp³-hybridized carbons (Fsp3) is 0.522. The van der Waals surface area contributed by atoms with Crippen molar-refractivity contribution in [1.82, 2.24) is 14.1 Å². The van der Waals surface area contributed by atoms with Gasteiger partial charge in [0.1, 0.15) is 0 Å². The molecule has 4 rings (SSSR count). The molecule has 2 aliphatic rings. The first-order valence-corrected chi connectivity index (χ1v) is 12.4. The van der Waals surface area contributed by atoms with E-state index in [1.165, 1.54) is 19.3 Å². The highest BCUT2D eigenvalue weighted by molar-refractivity contribution is 7.89. The van der Waals surface area contributed by atoms with Crippen LogP contribution in [0.4, 0.5) is 0 Å². The van der Waals surface area contributed by atoms with E-state index in [4.69, 9.17) is 0 Å². The summed E-state index contributed by atoms with van der Waals surface area (Å²) in [7, 11) is -1.61. The molecule has 0 atom stereocenters. The van der Waals surface area contributed by atoms with Crippen LogP contribution in [-0.2, 0) is 14.8 Å². The standard InChI is InChI=1S/C23H31N3O3S/c1-24(21-9-3-2-4-10-21)23(27)18-25-13-15-26(16-14-25)30(28,29)22-12-11-19-7-5-6-8-20(19)17-22/h5-8,11-12,17,21H,2-4,9-10,13-16,18H2,1H3. The number of fused-ring (bicyclic) bond motifs is 1. The molecular formula is C23H31N3O3S. The third-order valence-corrected chi connectivity index (χ3v) is 8.46. The van der Waals surface area contributed by atoms with E-state index >= 15 is 0 Å². The second-order valence-corrected chi connectivity index (χ2v) is 10.4. The Hall–Kier alpha value is -1.96. The molecule has 2 aromatic rings. The topological polar surface area (TPSA) is 60.9 Å². The number of benzene rings is 2. The molecule has 0 N–H and O–H groups in total. The number of likely N-dealkylation sites (N-methyl/N-ethyl adjacent to an activating group) is 1. The number of hydrogen-bond donors (Lipinski definition) is 0. The molecular weight excluding hydrogens is 398 g/mol. The van der Waals surface area contributed by atoms with E-state index in [1.54, 1.807) is 16.4 Å². The number of amides is 1. The lowest BCUT2D eigenvalue weighted by atomic mass is 9.94. The number of carbonyl (C=O) groups excluding carboxylic acids is 1. The highest BCUT2D eigenvalue weighted by Crippen LogP contribution is 2.24. The van der Waals surface area contributed by atoms with E-state index in [9.17, 15) is 13.2 Å². The number of sulfonamides is 1. The molecule has 0 aromatic heterocycles. The van der Waals surface area contributed by atoms with Crippen molar-refractivity contribution in [1.29, 1.82) is 0 Å². The Balaban J connectivity index is 1.35. The van der Waals surface area contributed by atoms with E-state index in [2.05, 4.69) is 4.90 Å². The Morgan fingerprint density at radius 2 is 1.63 bits per heavy atom. The summed E-state index contributed by atoms with van der Waals surface area (Å²) < 4.78 is 27.8. The molecule has 1 heterocycles. The van der Waals surface area contributed by atoms with Crippen LogP contribution in [0, 0.1) is 0 Å². The largest absolute Gasteiger partial charge is 0.342 e. The molecule has 1 saturated carbocycles. The Bertz CT molecular complexity index is 994. The van der Waals surface area contributed by atoms with Crippen LogP contribution in [0.1, 0.15) is 32.1 Å². The fourth-order valence-corrected chi connectivity index (χ4v) is 6.04. The van der Waals surface area contributed by atoms with Gasteiger partial charge in [0.25, 0.3) is 0 Å². The Morgan fingerprint density at radius 3 is 2.33 bits per heavy atom. The van der Waals surface area contributed by atoms with Gasteiger partial charge in [-0.2, -0.15) is 4.31 Å². The van der Waals surface area contributed by atoms with E-state index in [0.29, 0.717) is 43.7 Å². The normalized spacial score (nSPS) is 19.8. The summed E-state index contributed by atoms with van der Waals surface area (Å²) in [5, 5.41) is 1.95. The SMILES string of the molecule is CN(C(=O)CN1CCN(S(=O)(=O)c2ccc3ccccc3c2)CC1)C1CCCCC1. The van der Waals surface area contributed by atoms with E-state index in [-0.39, 0.29) is 5.91 Å². The van der Waals surface area contributed by atoms with Crippen molar-refractivity contribution >= 4 is 26.7 Å². The van der Waals surface area contributed by atoms with E-state index in [0.717, 1.165) is 23.6 Å². The van der Waals surface area contributed by atoms with Crippen LogP contribution < -0.4 is 0 Å². The number of nitrogens with zero attached hydrogens (tertiary/aromatic N) is 3. The van der Waals surface area contributed by atoms with Crippen LogP contribution in [0.25, 0.3) is 10.8 Å². The molecule has 1 aliphatic carbocycles. The van der Waals surface area contributed by atoms with Crippen molar-refractivity contribution in [2.24, 2.45) is 0 Å². The minimum atomic E-state index is -3.53. The van der Waals surface area contributed by atoms with Crippen molar-refractivity contribution in [2.45, 2.75) is 43.0 Å². The lowest BCUT2D eigenvalue weighted by Gasteiger charge is -2.36. The third-order valence-electron chi connectivity index (χ3n) is 6.56. The third kappa shape index (κ3) is 4.53. The lowest BCUT2D eigenvalue weighted by Crippen LogP contribution is -2.52. The molecule has 2 fully saturated rings. The van der Waals surface area contributed by atoms with Gasteiger partial charge in [-0.15, -0.1) is 0 Å². The molecule has 2 aromatic carbocycles. The molecule has 0 radical (unpaired) electrons. The predicted octanol–water partition coefficient (Wildman–Crippen LogP) is 2.94. The van der Waals surface area contributed by atoms with Gasteiger partial charge < -0.3 is 4.90 Å². The molecule has 1 amide bonds. The number of hydrogen-bond acceptors (Lipinski definition) is 4. The Kier molecular flexibility index (Phi) is 6.41. The predicted molar refractivity (Wildman–Crippen MR) is 119 cm³/mol. The summed E-state index contributed by atoms with van der Waals surface area (Å²) in [6, 6.07) is 13.4. The minimum Gasteiger partial charge on any atom is -0.342 e. The second-order valence-electron chi connectivity index (χ2n) is 8.49. The maximum absolute atomic E-state index is 13.1. The summed E-state index contributed by atoms with van der Waals surface area (Å²) in [4.78, 5) is 17.0. The van der Waals surface area contributed by atoms with Gasteiger partial charge in [0, 0.05) is 39.3 Å². The van der Waals surface area contributed by atoms with Crippen molar-refractivity contribution in [3.05, 3.63) is 42.5 Å². The van der Waals surface area contributed by atoms with E-state index < -0.39 is 10.0 Å². The number of piperazine rings is 1. The summed E-state index contributed by atoms with van der Waals surface area (Å²) in [6.07, 6.45) is 5.87. The van der Waals surface area contributed by atoms with Crippen molar-refractivity contribution in [3.8, 4) is 0 Å². The highest BCUT2D eigenvalue weighted by atomic mass is 32.2. The first-order chi connectivity index (χ1) is 14.4. The number of rotatable bonds is 5. The van der Waals surface area contributed by atoms with Crippen LogP contribution in [0.5, 0.6) is 0 Å². The molecule has 30 heavy (non-hydrogen) atoms. The molecule has 6 nitrogen and oxygen atoms in total. The lowest BCUT2D eigenvalue weighted by molar-refractivity contribution is -0.134. The van der Waals surface area contributed by atoms with E-state index in [1.807, 2.05) is 42.3 Å².